The third-order valence-electron chi connectivity index (χ3n) is 2.31. The molecule has 114 valence electrons. The van der Waals surface area contributed by atoms with Gasteiger partial charge >= 0.3 is 5.97 Å². The molecule has 0 fully saturated rings. The Hall–Kier alpha value is -2.15. The lowest BCUT2D eigenvalue weighted by Crippen LogP contribution is -2.38. The van der Waals surface area contributed by atoms with Crippen molar-refractivity contribution in [2.24, 2.45) is 0 Å². The van der Waals surface area contributed by atoms with Crippen molar-refractivity contribution in [2.45, 2.75) is 6.92 Å². The van der Waals surface area contributed by atoms with Crippen LogP contribution in [-0.4, -0.2) is 37.5 Å². The Morgan fingerprint density at radius 2 is 1.95 bits per heavy atom. The van der Waals surface area contributed by atoms with Crippen LogP contribution in [0.5, 0.6) is 0 Å². The summed E-state index contributed by atoms with van der Waals surface area (Å²) < 4.78 is 17.5. The van der Waals surface area contributed by atoms with Crippen molar-refractivity contribution in [2.75, 3.05) is 19.7 Å². The number of nitrogens with one attached hydrogen (secondary N) is 2. The highest BCUT2D eigenvalue weighted by Gasteiger charge is 2.14. The number of benzene rings is 1. The number of halogens is 2. The van der Waals surface area contributed by atoms with Gasteiger partial charge in [-0.3, -0.25) is 9.59 Å². The first-order valence-corrected chi connectivity index (χ1v) is 6.47. The van der Waals surface area contributed by atoms with E-state index in [2.05, 4.69) is 10.6 Å². The van der Waals surface area contributed by atoms with Gasteiger partial charge in [0.15, 0.2) is 6.61 Å². The van der Waals surface area contributed by atoms with Crippen LogP contribution >= 0.6 is 11.6 Å². The molecular weight excluding hydrogens is 303 g/mol. The fourth-order valence-electron chi connectivity index (χ4n) is 1.35. The zero-order valence-corrected chi connectivity index (χ0v) is 12.0. The van der Waals surface area contributed by atoms with E-state index in [0.29, 0.717) is 6.54 Å². The second kappa shape index (κ2) is 8.21. The van der Waals surface area contributed by atoms with E-state index in [1.807, 2.05) is 0 Å². The van der Waals surface area contributed by atoms with Crippen molar-refractivity contribution in [3.8, 4) is 0 Å². The van der Waals surface area contributed by atoms with Gasteiger partial charge in [-0.1, -0.05) is 11.6 Å². The molecule has 2 N–H and O–H groups in total. The summed E-state index contributed by atoms with van der Waals surface area (Å²) in [7, 11) is 0. The minimum Gasteiger partial charge on any atom is -0.452 e. The summed E-state index contributed by atoms with van der Waals surface area (Å²) in [6.07, 6.45) is 0. The lowest BCUT2D eigenvalue weighted by Gasteiger charge is -2.07. The van der Waals surface area contributed by atoms with Gasteiger partial charge < -0.3 is 15.4 Å². The highest BCUT2D eigenvalue weighted by Crippen LogP contribution is 2.17. The number of carbonyl (C=O) groups excluding carboxylic acids is 3. The summed E-state index contributed by atoms with van der Waals surface area (Å²) in [5.74, 6) is -2.42. The van der Waals surface area contributed by atoms with Crippen molar-refractivity contribution in [3.05, 3.63) is 34.6 Å². The first-order valence-electron chi connectivity index (χ1n) is 6.09. The molecule has 0 spiro atoms. The zero-order chi connectivity index (χ0) is 15.8. The highest BCUT2D eigenvalue weighted by molar-refractivity contribution is 6.33. The first-order chi connectivity index (χ1) is 9.93. The molecule has 1 aromatic carbocycles. The molecule has 0 saturated heterocycles. The van der Waals surface area contributed by atoms with E-state index in [1.165, 1.54) is 0 Å². The van der Waals surface area contributed by atoms with E-state index in [-0.39, 0.29) is 23.0 Å². The number of likely N-dealkylation sites (N-methyl/N-ethyl adjacent to an activating group) is 1. The number of rotatable bonds is 6. The summed E-state index contributed by atoms with van der Waals surface area (Å²) in [4.78, 5) is 34.1. The Kier molecular flexibility index (Phi) is 6.61. The van der Waals surface area contributed by atoms with E-state index in [0.717, 1.165) is 18.2 Å². The molecule has 6 nitrogen and oxygen atoms in total. The van der Waals surface area contributed by atoms with Gasteiger partial charge in [0.1, 0.15) is 5.82 Å². The Morgan fingerprint density at radius 1 is 1.24 bits per heavy atom. The maximum absolute atomic E-state index is 12.8. The monoisotopic (exact) mass is 316 g/mol. The van der Waals surface area contributed by atoms with E-state index < -0.39 is 24.3 Å². The van der Waals surface area contributed by atoms with Crippen molar-refractivity contribution in [1.29, 1.82) is 0 Å². The van der Waals surface area contributed by atoms with Gasteiger partial charge in [0.05, 0.1) is 17.1 Å². The number of esters is 1. The van der Waals surface area contributed by atoms with Gasteiger partial charge in [0, 0.05) is 6.54 Å². The molecule has 0 unspecified atom stereocenters. The summed E-state index contributed by atoms with van der Waals surface area (Å²) in [5.41, 5.74) is -0.0467. The van der Waals surface area contributed by atoms with Crippen molar-refractivity contribution in [3.63, 3.8) is 0 Å². The summed E-state index contributed by atoms with van der Waals surface area (Å²) >= 11 is 5.68. The molecule has 0 aromatic heterocycles. The predicted octanol–water partition coefficient (Wildman–Crippen LogP) is 0.888. The van der Waals surface area contributed by atoms with Crippen molar-refractivity contribution in [1.82, 2.24) is 10.6 Å². The zero-order valence-electron chi connectivity index (χ0n) is 11.2. The van der Waals surface area contributed by atoms with Crippen LogP contribution in [0.2, 0.25) is 5.02 Å². The highest BCUT2D eigenvalue weighted by atomic mass is 35.5. The molecule has 1 aromatic rings. The molecule has 0 atom stereocenters. The summed E-state index contributed by atoms with van der Waals surface area (Å²) in [5, 5.41) is 4.66. The number of ether oxygens (including phenoxy) is 1. The smallest absolute Gasteiger partial charge is 0.340 e. The average molecular weight is 317 g/mol. The van der Waals surface area contributed by atoms with E-state index in [4.69, 9.17) is 16.3 Å². The fraction of sp³-hybridized carbons (Fsp3) is 0.308. The summed E-state index contributed by atoms with van der Waals surface area (Å²) in [6, 6.07) is 3.18. The fourth-order valence-corrected chi connectivity index (χ4v) is 1.60. The van der Waals surface area contributed by atoms with Crippen LogP contribution in [0, 0.1) is 5.82 Å². The molecule has 0 aliphatic heterocycles. The minimum absolute atomic E-state index is 0.0467. The second-order valence-electron chi connectivity index (χ2n) is 3.93. The molecule has 8 heteroatoms. The van der Waals surface area contributed by atoms with Gasteiger partial charge in [-0.15, -0.1) is 0 Å². The first kappa shape index (κ1) is 16.9. The Morgan fingerprint density at radius 3 is 2.57 bits per heavy atom. The van der Waals surface area contributed by atoms with Crippen LogP contribution < -0.4 is 10.6 Å². The number of amides is 2. The maximum atomic E-state index is 12.8. The van der Waals surface area contributed by atoms with Gasteiger partial charge in [-0.2, -0.15) is 0 Å². The van der Waals surface area contributed by atoms with E-state index in [1.54, 1.807) is 6.92 Å². The summed E-state index contributed by atoms with van der Waals surface area (Å²) in [6.45, 7) is 1.42. The molecule has 0 heterocycles. The third kappa shape index (κ3) is 5.78. The van der Waals surface area contributed by atoms with Crippen LogP contribution in [0.4, 0.5) is 4.39 Å². The minimum atomic E-state index is -0.854. The normalized spacial score (nSPS) is 9.86. The Balaban J connectivity index is 2.42. The molecule has 0 radical (unpaired) electrons. The molecule has 0 aliphatic carbocycles. The van der Waals surface area contributed by atoms with Gasteiger partial charge in [0.2, 0.25) is 5.91 Å². The topological polar surface area (TPSA) is 84.5 Å². The van der Waals surface area contributed by atoms with Gasteiger partial charge in [0.25, 0.3) is 5.91 Å². The average Bonchev–Trinajstić information content (AvgIpc) is 2.43. The SMILES string of the molecule is CCNC(=O)CNC(=O)COC(=O)c1ccc(F)cc1Cl. The Bertz CT molecular complexity index is 551. The molecular formula is C13H14ClFN2O4. The van der Waals surface area contributed by atoms with Crippen molar-refractivity contribution >= 4 is 29.4 Å². The van der Waals surface area contributed by atoms with Crippen LogP contribution in [0.25, 0.3) is 0 Å². The quantitative estimate of drug-likeness (QED) is 0.763. The van der Waals surface area contributed by atoms with Crippen LogP contribution in [0.1, 0.15) is 17.3 Å². The van der Waals surface area contributed by atoms with E-state index in [9.17, 15) is 18.8 Å². The molecule has 1 rings (SSSR count). The van der Waals surface area contributed by atoms with Crippen molar-refractivity contribution < 1.29 is 23.5 Å². The third-order valence-corrected chi connectivity index (χ3v) is 2.62. The largest absolute Gasteiger partial charge is 0.452 e. The van der Waals surface area contributed by atoms with Crippen LogP contribution in [-0.2, 0) is 14.3 Å². The lowest BCUT2D eigenvalue weighted by molar-refractivity contribution is -0.127. The molecule has 0 saturated carbocycles. The standard InChI is InChI=1S/C13H14ClFN2O4/c1-2-16-11(18)6-17-12(19)7-21-13(20)9-4-3-8(15)5-10(9)14/h3-5H,2,6-7H2,1H3,(H,16,18)(H,17,19). The van der Waals surface area contributed by atoms with Gasteiger partial charge in [-0.05, 0) is 25.1 Å². The Labute approximate surface area is 125 Å². The second-order valence-corrected chi connectivity index (χ2v) is 4.34. The van der Waals surface area contributed by atoms with Gasteiger partial charge in [-0.25, -0.2) is 9.18 Å². The van der Waals surface area contributed by atoms with Crippen LogP contribution in [0.3, 0.4) is 0 Å². The van der Waals surface area contributed by atoms with Crippen LogP contribution in [0.15, 0.2) is 18.2 Å². The molecule has 0 aliphatic rings. The predicted molar refractivity (Wildman–Crippen MR) is 73.4 cm³/mol. The maximum Gasteiger partial charge on any atom is 0.340 e. The number of hydrogen-bond donors (Lipinski definition) is 2. The molecule has 0 bridgehead atoms. The molecule has 2 amide bonds. The number of hydrogen-bond acceptors (Lipinski definition) is 4. The van der Waals surface area contributed by atoms with E-state index >= 15 is 0 Å². The number of carbonyl (C=O) groups is 3. The lowest BCUT2D eigenvalue weighted by atomic mass is 10.2. The molecule has 21 heavy (non-hydrogen) atoms.